The summed E-state index contributed by atoms with van der Waals surface area (Å²) in [6, 6.07) is 0. The summed E-state index contributed by atoms with van der Waals surface area (Å²) in [5.74, 6) is -0.895. The molecule has 0 radical (unpaired) electrons. The molecule has 0 heterocycles. The molecule has 0 fully saturated rings. The quantitative estimate of drug-likeness (QED) is 0.0262. The van der Waals surface area contributed by atoms with Gasteiger partial charge in [0.05, 0.1) is 0 Å². The van der Waals surface area contributed by atoms with E-state index in [2.05, 4.69) is 81.5 Å². The highest BCUT2D eigenvalue weighted by Gasteiger charge is 2.19. The fourth-order valence-electron chi connectivity index (χ4n) is 7.84. The van der Waals surface area contributed by atoms with E-state index in [0.29, 0.717) is 19.3 Å². The zero-order valence-electron chi connectivity index (χ0n) is 43.0. The minimum absolute atomic E-state index is 0.0797. The maximum Gasteiger partial charge on any atom is 0.306 e. The van der Waals surface area contributed by atoms with Gasteiger partial charge < -0.3 is 14.2 Å². The molecule has 0 saturated carbocycles. The van der Waals surface area contributed by atoms with Crippen LogP contribution in [0.5, 0.6) is 0 Å². The first-order valence-corrected chi connectivity index (χ1v) is 27.8. The fourth-order valence-corrected chi connectivity index (χ4v) is 7.84. The van der Waals surface area contributed by atoms with Crippen molar-refractivity contribution in [3.63, 3.8) is 0 Å². The number of esters is 3. The Hall–Kier alpha value is -2.89. The van der Waals surface area contributed by atoms with Crippen molar-refractivity contribution in [3.8, 4) is 0 Å². The summed E-state index contributed by atoms with van der Waals surface area (Å²) in [4.78, 5) is 37.9. The van der Waals surface area contributed by atoms with Crippen LogP contribution < -0.4 is 0 Å². The van der Waals surface area contributed by atoms with E-state index in [4.69, 9.17) is 14.2 Å². The van der Waals surface area contributed by atoms with Crippen molar-refractivity contribution in [1.29, 1.82) is 0 Å². The predicted octanol–water partition coefficient (Wildman–Crippen LogP) is 18.4. The largest absolute Gasteiger partial charge is 0.462 e. The number of carbonyl (C=O) groups excluding carboxylic acids is 3. The molecule has 0 bridgehead atoms. The van der Waals surface area contributed by atoms with Gasteiger partial charge in [0.2, 0.25) is 0 Å². The molecule has 0 amide bonds. The van der Waals surface area contributed by atoms with Gasteiger partial charge in [-0.3, -0.25) is 14.4 Å². The van der Waals surface area contributed by atoms with Crippen LogP contribution >= 0.6 is 0 Å². The molecule has 0 rings (SSSR count). The van der Waals surface area contributed by atoms with Gasteiger partial charge in [0, 0.05) is 19.3 Å². The van der Waals surface area contributed by atoms with Crippen LogP contribution in [0.15, 0.2) is 60.8 Å². The summed E-state index contributed by atoms with van der Waals surface area (Å²) in [6.45, 7) is 6.49. The highest BCUT2D eigenvalue weighted by Crippen LogP contribution is 2.15. The van der Waals surface area contributed by atoms with Crippen molar-refractivity contribution in [3.05, 3.63) is 60.8 Å². The fraction of sp³-hybridized carbons (Fsp3) is 0.780. The highest BCUT2D eigenvalue weighted by molar-refractivity contribution is 5.71. The Morgan fingerprint density at radius 1 is 0.323 bits per heavy atom. The number of hydrogen-bond donors (Lipinski definition) is 0. The lowest BCUT2D eigenvalue weighted by atomic mass is 10.1. The van der Waals surface area contributed by atoms with Crippen LogP contribution in [0.3, 0.4) is 0 Å². The molecule has 0 spiro atoms. The van der Waals surface area contributed by atoms with Crippen LogP contribution in [0.25, 0.3) is 0 Å². The van der Waals surface area contributed by atoms with E-state index < -0.39 is 6.10 Å². The first-order chi connectivity index (χ1) is 32.0. The molecule has 0 aromatic heterocycles. The minimum atomic E-state index is -0.779. The Bertz CT molecular complexity index is 1180. The van der Waals surface area contributed by atoms with Crippen molar-refractivity contribution < 1.29 is 28.6 Å². The Morgan fingerprint density at radius 2 is 0.600 bits per heavy atom. The van der Waals surface area contributed by atoms with Crippen molar-refractivity contribution >= 4 is 17.9 Å². The molecule has 0 aliphatic heterocycles. The predicted molar refractivity (Wildman–Crippen MR) is 279 cm³/mol. The van der Waals surface area contributed by atoms with Gasteiger partial charge >= 0.3 is 17.9 Å². The number of rotatable bonds is 50. The monoisotopic (exact) mass is 909 g/mol. The van der Waals surface area contributed by atoms with Crippen molar-refractivity contribution in [1.82, 2.24) is 0 Å². The third-order valence-electron chi connectivity index (χ3n) is 12.0. The second-order valence-corrected chi connectivity index (χ2v) is 18.5. The Kier molecular flexibility index (Phi) is 51.3. The molecular formula is C59H104O6. The molecule has 0 aromatic rings. The minimum Gasteiger partial charge on any atom is -0.462 e. The SMILES string of the molecule is CC/C=C\C/C=C\C/C=C\C/C=C\CCCCCCCCC(=O)OC(COC(=O)CCCCCCCCC)COC(=O)CCCCCCCCCCC/C=C\CCCCCCCCCC. The lowest BCUT2D eigenvalue weighted by molar-refractivity contribution is -0.167. The second kappa shape index (κ2) is 53.7. The van der Waals surface area contributed by atoms with Gasteiger partial charge in [0.15, 0.2) is 6.10 Å². The average molecular weight is 909 g/mol. The Labute approximate surface area is 402 Å². The highest BCUT2D eigenvalue weighted by atomic mass is 16.6. The van der Waals surface area contributed by atoms with Crippen LogP contribution in [0.4, 0.5) is 0 Å². The zero-order valence-corrected chi connectivity index (χ0v) is 43.0. The van der Waals surface area contributed by atoms with Crippen LogP contribution in [-0.2, 0) is 28.6 Å². The van der Waals surface area contributed by atoms with Gasteiger partial charge in [0.1, 0.15) is 13.2 Å². The van der Waals surface area contributed by atoms with E-state index in [9.17, 15) is 14.4 Å². The molecule has 1 unspecified atom stereocenters. The third kappa shape index (κ3) is 51.9. The lowest BCUT2D eigenvalue weighted by Crippen LogP contribution is -2.30. The van der Waals surface area contributed by atoms with Crippen LogP contribution in [-0.4, -0.2) is 37.2 Å². The molecule has 0 aliphatic rings. The summed E-state index contributed by atoms with van der Waals surface area (Å²) in [6.07, 6.45) is 66.6. The first kappa shape index (κ1) is 62.1. The standard InChI is InChI=1S/C59H104O6/c1-4-7-10-13-16-18-20-22-24-26-28-29-31-32-34-36-38-40-43-46-49-52-58(61)64-55-56(54-63-57(60)51-48-45-42-15-12-9-6-3)65-59(62)53-50-47-44-41-39-37-35-33-30-27-25-23-21-19-17-14-11-8-5-2/h8,11,17,19,23,25-26,28,30,33,56H,4-7,9-10,12-16,18,20-22,24,27,29,31-32,34-55H2,1-3H3/b11-8-,19-17-,25-23-,28-26-,33-30-. The number of hydrogen-bond acceptors (Lipinski definition) is 6. The molecule has 0 saturated heterocycles. The summed E-state index contributed by atoms with van der Waals surface area (Å²) in [5.41, 5.74) is 0. The van der Waals surface area contributed by atoms with Crippen LogP contribution in [0, 0.1) is 0 Å². The van der Waals surface area contributed by atoms with E-state index in [1.807, 2.05) is 0 Å². The maximum atomic E-state index is 12.8. The summed E-state index contributed by atoms with van der Waals surface area (Å²) in [7, 11) is 0. The molecule has 65 heavy (non-hydrogen) atoms. The molecular weight excluding hydrogens is 805 g/mol. The van der Waals surface area contributed by atoms with Gasteiger partial charge in [0.25, 0.3) is 0 Å². The van der Waals surface area contributed by atoms with E-state index in [1.54, 1.807) is 0 Å². The van der Waals surface area contributed by atoms with Crippen LogP contribution in [0.2, 0.25) is 0 Å². The topological polar surface area (TPSA) is 78.9 Å². The van der Waals surface area contributed by atoms with E-state index in [-0.39, 0.29) is 31.1 Å². The maximum absolute atomic E-state index is 12.8. The molecule has 0 aromatic carbocycles. The number of carbonyl (C=O) groups is 3. The van der Waals surface area contributed by atoms with E-state index in [0.717, 1.165) is 96.3 Å². The zero-order chi connectivity index (χ0) is 47.2. The van der Waals surface area contributed by atoms with Gasteiger partial charge in [-0.2, -0.15) is 0 Å². The first-order valence-electron chi connectivity index (χ1n) is 27.8. The third-order valence-corrected chi connectivity index (χ3v) is 12.0. The van der Waals surface area contributed by atoms with Crippen LogP contribution in [0.1, 0.15) is 278 Å². The van der Waals surface area contributed by atoms with Gasteiger partial charge in [-0.15, -0.1) is 0 Å². The molecule has 0 N–H and O–H groups in total. The normalized spacial score (nSPS) is 12.5. The average Bonchev–Trinajstić information content (AvgIpc) is 3.30. The smallest absolute Gasteiger partial charge is 0.306 e. The van der Waals surface area contributed by atoms with E-state index >= 15 is 0 Å². The molecule has 1 atom stereocenters. The van der Waals surface area contributed by atoms with Crippen molar-refractivity contribution in [2.75, 3.05) is 13.2 Å². The Morgan fingerprint density at radius 3 is 0.954 bits per heavy atom. The van der Waals surface area contributed by atoms with Crippen molar-refractivity contribution in [2.45, 2.75) is 284 Å². The Balaban J connectivity index is 4.23. The number of allylic oxidation sites excluding steroid dienone is 10. The number of unbranched alkanes of at least 4 members (excludes halogenated alkanes) is 29. The summed E-state index contributed by atoms with van der Waals surface area (Å²) < 4.78 is 16.8. The second-order valence-electron chi connectivity index (χ2n) is 18.5. The molecule has 0 aliphatic carbocycles. The van der Waals surface area contributed by atoms with Crippen molar-refractivity contribution in [2.24, 2.45) is 0 Å². The molecule has 6 nitrogen and oxygen atoms in total. The van der Waals surface area contributed by atoms with E-state index in [1.165, 1.54) is 141 Å². The summed E-state index contributed by atoms with van der Waals surface area (Å²) >= 11 is 0. The van der Waals surface area contributed by atoms with Gasteiger partial charge in [-0.25, -0.2) is 0 Å². The summed E-state index contributed by atoms with van der Waals surface area (Å²) in [5, 5.41) is 0. The van der Waals surface area contributed by atoms with Gasteiger partial charge in [-0.1, -0.05) is 236 Å². The number of ether oxygens (including phenoxy) is 3. The molecule has 376 valence electrons. The molecule has 6 heteroatoms. The van der Waals surface area contributed by atoms with Gasteiger partial charge in [-0.05, 0) is 83.5 Å². The lowest BCUT2D eigenvalue weighted by Gasteiger charge is -2.18.